The van der Waals surface area contributed by atoms with E-state index < -0.39 is 5.60 Å². The molecule has 9 nitrogen and oxygen atoms in total. The maximum absolute atomic E-state index is 12.8. The summed E-state index contributed by atoms with van der Waals surface area (Å²) in [6.07, 6.45) is 12.2. The zero-order valence-corrected chi connectivity index (χ0v) is 24.4. The number of amides is 1. The van der Waals surface area contributed by atoms with Crippen LogP contribution in [0.15, 0.2) is 61.2 Å². The molecule has 7 rings (SSSR count). The first-order valence-corrected chi connectivity index (χ1v) is 15.0. The van der Waals surface area contributed by atoms with Gasteiger partial charge in [-0.2, -0.15) is 0 Å². The van der Waals surface area contributed by atoms with Gasteiger partial charge >= 0.3 is 6.09 Å². The van der Waals surface area contributed by atoms with Gasteiger partial charge in [-0.3, -0.25) is 9.47 Å². The highest BCUT2D eigenvalue weighted by Gasteiger charge is 2.34. The Morgan fingerprint density at radius 3 is 2.40 bits per heavy atom. The lowest BCUT2D eigenvalue weighted by Gasteiger charge is -2.27. The van der Waals surface area contributed by atoms with E-state index >= 15 is 0 Å². The number of fused-ring (bicyclic) bond motifs is 1. The van der Waals surface area contributed by atoms with E-state index in [1.807, 2.05) is 39.5 Å². The van der Waals surface area contributed by atoms with Crippen molar-refractivity contribution in [1.29, 1.82) is 0 Å². The summed E-state index contributed by atoms with van der Waals surface area (Å²) in [7, 11) is 0. The van der Waals surface area contributed by atoms with E-state index in [4.69, 9.17) is 14.7 Å². The topological polar surface area (TPSA) is 105 Å². The first-order valence-electron chi connectivity index (χ1n) is 15.0. The average Bonchev–Trinajstić information content (AvgIpc) is 3.80. The number of benzene rings is 2. The molecule has 216 valence electrons. The molecular formula is C33H37N7O2. The van der Waals surface area contributed by atoms with Crippen molar-refractivity contribution >= 4 is 17.1 Å². The van der Waals surface area contributed by atoms with Crippen LogP contribution in [0.2, 0.25) is 0 Å². The molecule has 5 aromatic rings. The Labute approximate surface area is 245 Å². The molecule has 0 radical (unpaired) electrons. The van der Waals surface area contributed by atoms with Gasteiger partial charge in [0.05, 0.1) is 40.9 Å². The zero-order chi connectivity index (χ0) is 28.8. The molecule has 3 aromatic heterocycles. The van der Waals surface area contributed by atoms with Gasteiger partial charge in [-0.1, -0.05) is 37.1 Å². The van der Waals surface area contributed by atoms with Crippen molar-refractivity contribution in [2.75, 3.05) is 6.54 Å². The van der Waals surface area contributed by atoms with E-state index in [-0.39, 0.29) is 12.1 Å². The quantitative estimate of drug-likeness (QED) is 0.230. The highest BCUT2D eigenvalue weighted by atomic mass is 16.6. The minimum Gasteiger partial charge on any atom is -0.444 e. The molecule has 0 bridgehead atoms. The molecule has 2 aromatic carbocycles. The van der Waals surface area contributed by atoms with Crippen LogP contribution in [0, 0.1) is 0 Å². The van der Waals surface area contributed by atoms with Crippen LogP contribution in [0.1, 0.15) is 82.9 Å². The summed E-state index contributed by atoms with van der Waals surface area (Å²) in [6, 6.07) is 14.6. The fraction of sp³-hybridized carbons (Fsp3) is 0.394. The molecule has 1 aliphatic carbocycles. The molecule has 0 spiro atoms. The van der Waals surface area contributed by atoms with Gasteiger partial charge in [0.15, 0.2) is 0 Å². The highest BCUT2D eigenvalue weighted by Crippen LogP contribution is 2.36. The first-order chi connectivity index (χ1) is 20.3. The second-order valence-electron chi connectivity index (χ2n) is 12.5. The van der Waals surface area contributed by atoms with E-state index in [0.717, 1.165) is 63.7 Å². The number of aromatic amines is 2. The minimum atomic E-state index is -0.528. The number of carbonyl (C=O) groups excluding carboxylic acids is 1. The lowest BCUT2D eigenvalue weighted by molar-refractivity contribution is 0.0218. The van der Waals surface area contributed by atoms with Gasteiger partial charge in [0, 0.05) is 23.7 Å². The monoisotopic (exact) mass is 563 g/mol. The maximum atomic E-state index is 12.8. The summed E-state index contributed by atoms with van der Waals surface area (Å²) in [5.74, 6) is 2.43. The van der Waals surface area contributed by atoms with Crippen LogP contribution in [-0.4, -0.2) is 52.6 Å². The number of hydrogen-bond acceptors (Lipinski definition) is 5. The van der Waals surface area contributed by atoms with Crippen molar-refractivity contribution in [2.24, 2.45) is 0 Å². The Morgan fingerprint density at radius 2 is 1.62 bits per heavy atom. The number of para-hydroxylation sites is 1. The van der Waals surface area contributed by atoms with Gasteiger partial charge in [-0.15, -0.1) is 0 Å². The first kappa shape index (κ1) is 26.5. The van der Waals surface area contributed by atoms with Crippen LogP contribution < -0.4 is 0 Å². The van der Waals surface area contributed by atoms with Crippen LogP contribution >= 0.6 is 0 Å². The standard InChI is InChI=1S/C33H37N7O2/c1-33(2,3)42-32(41)39-17-7-12-28(39)31-35-18-25(37-31)21-13-15-23(16-14-21)40-20-36-29-24(10-6-11-27(29)40)26-19-34-30(38-26)22-8-4-5-9-22/h6,10-11,13-16,18-20,22,28H,4-5,7-9,12,17H2,1-3H3,(H,34,38)(H,35,37). The van der Waals surface area contributed by atoms with E-state index in [9.17, 15) is 4.79 Å². The van der Waals surface area contributed by atoms with Crippen LogP contribution in [0.25, 0.3) is 39.2 Å². The second kappa shape index (κ2) is 10.5. The summed E-state index contributed by atoms with van der Waals surface area (Å²) in [4.78, 5) is 35.8. The lowest BCUT2D eigenvalue weighted by atomic mass is 10.1. The average molecular weight is 564 g/mol. The minimum absolute atomic E-state index is 0.108. The number of carbonyl (C=O) groups is 1. The van der Waals surface area contributed by atoms with Crippen molar-refractivity contribution in [3.8, 4) is 28.2 Å². The van der Waals surface area contributed by atoms with E-state index in [1.54, 1.807) is 4.90 Å². The molecule has 1 saturated carbocycles. The molecule has 42 heavy (non-hydrogen) atoms. The molecule has 4 heterocycles. The Kier molecular flexibility index (Phi) is 6.60. The third-order valence-corrected chi connectivity index (χ3v) is 8.45. The van der Waals surface area contributed by atoms with E-state index in [1.165, 1.54) is 25.7 Å². The number of H-pyrrole nitrogens is 2. The molecule has 1 unspecified atom stereocenters. The van der Waals surface area contributed by atoms with Gasteiger partial charge in [0.1, 0.15) is 23.6 Å². The van der Waals surface area contributed by atoms with Crippen molar-refractivity contribution in [3.05, 3.63) is 72.8 Å². The third-order valence-electron chi connectivity index (χ3n) is 8.45. The summed E-state index contributed by atoms with van der Waals surface area (Å²) in [5.41, 5.74) is 6.53. The fourth-order valence-corrected chi connectivity index (χ4v) is 6.39. The molecule has 2 aliphatic rings. The molecular weight excluding hydrogens is 526 g/mol. The number of imidazole rings is 3. The van der Waals surface area contributed by atoms with Gasteiger partial charge in [0.25, 0.3) is 0 Å². The van der Waals surface area contributed by atoms with Crippen molar-refractivity contribution in [2.45, 2.75) is 76.9 Å². The summed E-state index contributed by atoms with van der Waals surface area (Å²) >= 11 is 0. The molecule has 1 aliphatic heterocycles. The Balaban J connectivity index is 1.11. The Hall–Kier alpha value is -4.40. The summed E-state index contributed by atoms with van der Waals surface area (Å²) < 4.78 is 7.75. The third kappa shape index (κ3) is 4.97. The maximum Gasteiger partial charge on any atom is 0.410 e. The van der Waals surface area contributed by atoms with Crippen LogP contribution in [0.3, 0.4) is 0 Å². The number of hydrogen-bond donors (Lipinski definition) is 2. The molecule has 2 N–H and O–H groups in total. The SMILES string of the molecule is CC(C)(C)OC(=O)N1CCCC1c1ncc(-c2ccc(-n3cnc4c(-c5cnc(C6CCCC6)[nH]5)cccc43)cc2)[nH]1. The smallest absolute Gasteiger partial charge is 0.410 e. The number of likely N-dealkylation sites (tertiary alicyclic amines) is 1. The second-order valence-corrected chi connectivity index (χ2v) is 12.5. The van der Waals surface area contributed by atoms with Gasteiger partial charge < -0.3 is 14.7 Å². The van der Waals surface area contributed by atoms with Crippen LogP contribution in [0.4, 0.5) is 4.79 Å². The van der Waals surface area contributed by atoms with Crippen molar-refractivity contribution in [3.63, 3.8) is 0 Å². The van der Waals surface area contributed by atoms with Gasteiger partial charge in [-0.05, 0) is 70.2 Å². The predicted molar refractivity (Wildman–Crippen MR) is 162 cm³/mol. The van der Waals surface area contributed by atoms with E-state index in [0.29, 0.717) is 12.5 Å². The fourth-order valence-electron chi connectivity index (χ4n) is 6.39. The normalized spacial score (nSPS) is 17.9. The molecule has 1 saturated heterocycles. The van der Waals surface area contributed by atoms with Crippen LogP contribution in [0.5, 0.6) is 0 Å². The van der Waals surface area contributed by atoms with Gasteiger partial charge in [-0.25, -0.2) is 19.7 Å². The molecule has 1 amide bonds. The number of nitrogens with zero attached hydrogens (tertiary/aromatic N) is 5. The Morgan fingerprint density at radius 1 is 0.881 bits per heavy atom. The lowest BCUT2D eigenvalue weighted by Crippen LogP contribution is -2.36. The van der Waals surface area contributed by atoms with Crippen molar-refractivity contribution < 1.29 is 9.53 Å². The molecule has 2 fully saturated rings. The van der Waals surface area contributed by atoms with Crippen molar-refractivity contribution in [1.82, 2.24) is 34.4 Å². The number of nitrogens with one attached hydrogen (secondary N) is 2. The zero-order valence-electron chi connectivity index (χ0n) is 24.4. The predicted octanol–water partition coefficient (Wildman–Crippen LogP) is 7.54. The number of ether oxygens (including phenoxy) is 1. The largest absolute Gasteiger partial charge is 0.444 e. The van der Waals surface area contributed by atoms with Crippen LogP contribution in [-0.2, 0) is 4.74 Å². The molecule has 9 heteroatoms. The number of aromatic nitrogens is 6. The Bertz CT molecular complexity index is 1720. The van der Waals surface area contributed by atoms with E-state index in [2.05, 4.69) is 62.0 Å². The number of rotatable bonds is 5. The molecule has 1 atom stereocenters. The van der Waals surface area contributed by atoms with Gasteiger partial charge in [0.2, 0.25) is 0 Å². The highest BCUT2D eigenvalue weighted by molar-refractivity contribution is 5.91. The summed E-state index contributed by atoms with van der Waals surface area (Å²) in [5, 5.41) is 0. The summed E-state index contributed by atoms with van der Waals surface area (Å²) in [6.45, 7) is 6.35.